The van der Waals surface area contributed by atoms with Crippen LogP contribution >= 0.6 is 0 Å². The average Bonchev–Trinajstić information content (AvgIpc) is 2.66. The molecule has 0 bridgehead atoms. The Labute approximate surface area is 161 Å². The van der Waals surface area contributed by atoms with Gasteiger partial charge in [-0.1, -0.05) is 57.2 Å². The molecule has 0 aromatic heterocycles. The van der Waals surface area contributed by atoms with Gasteiger partial charge in [-0.05, 0) is 40.7 Å². The molecule has 27 heavy (non-hydrogen) atoms. The molecule has 2 aromatic rings. The van der Waals surface area contributed by atoms with Crippen LogP contribution in [-0.2, 0) is 18.6 Å². The fourth-order valence-electron chi connectivity index (χ4n) is 2.52. The van der Waals surface area contributed by atoms with Crippen molar-refractivity contribution in [2.24, 2.45) is 0 Å². The van der Waals surface area contributed by atoms with Crippen molar-refractivity contribution < 1.29 is 14.6 Å². The lowest BCUT2D eigenvalue weighted by Gasteiger charge is -2.19. The van der Waals surface area contributed by atoms with Gasteiger partial charge in [-0.15, -0.1) is 0 Å². The Balaban J connectivity index is 1.60. The summed E-state index contributed by atoms with van der Waals surface area (Å²) in [5, 5.41) is 14.6. The van der Waals surface area contributed by atoms with E-state index in [1.54, 1.807) is 0 Å². The van der Waals surface area contributed by atoms with E-state index in [1.165, 1.54) is 5.56 Å². The van der Waals surface area contributed by atoms with Crippen molar-refractivity contribution in [3.05, 3.63) is 65.2 Å². The van der Waals surface area contributed by atoms with Crippen molar-refractivity contribution in [2.45, 2.75) is 45.8 Å². The van der Waals surface area contributed by atoms with E-state index in [4.69, 9.17) is 9.84 Å². The lowest BCUT2D eigenvalue weighted by atomic mass is 9.87. The van der Waals surface area contributed by atoms with Crippen LogP contribution < -0.4 is 15.4 Å². The number of hydrogen-bond donors (Lipinski definition) is 3. The Morgan fingerprint density at radius 3 is 2.19 bits per heavy atom. The van der Waals surface area contributed by atoms with E-state index in [1.807, 2.05) is 36.4 Å². The number of carbonyl (C=O) groups is 1. The van der Waals surface area contributed by atoms with Gasteiger partial charge in [0.05, 0.1) is 13.2 Å². The number of ether oxygens (including phenoxy) is 1. The number of benzene rings is 2. The Morgan fingerprint density at radius 1 is 0.963 bits per heavy atom. The number of nitrogens with one attached hydrogen (secondary N) is 2. The maximum absolute atomic E-state index is 11.8. The molecule has 0 saturated heterocycles. The van der Waals surface area contributed by atoms with E-state index < -0.39 is 0 Å². The molecule has 0 spiro atoms. The summed E-state index contributed by atoms with van der Waals surface area (Å²) in [6.45, 7) is 8.13. The zero-order chi connectivity index (χ0) is 19.7. The third-order valence-electron chi connectivity index (χ3n) is 4.25. The fraction of sp³-hybridized carbons (Fsp3) is 0.409. The first-order valence-corrected chi connectivity index (χ1v) is 9.32. The fourth-order valence-corrected chi connectivity index (χ4v) is 2.52. The maximum atomic E-state index is 11.8. The van der Waals surface area contributed by atoms with Gasteiger partial charge in [0, 0.05) is 13.1 Å². The molecule has 0 saturated carbocycles. The summed E-state index contributed by atoms with van der Waals surface area (Å²) in [6, 6.07) is 15.4. The molecule has 0 aliphatic heterocycles. The van der Waals surface area contributed by atoms with Gasteiger partial charge in [0.1, 0.15) is 5.75 Å². The number of rotatable bonds is 8. The van der Waals surface area contributed by atoms with E-state index in [9.17, 15) is 4.79 Å². The maximum Gasteiger partial charge on any atom is 0.315 e. The Hall–Kier alpha value is -2.53. The summed E-state index contributed by atoms with van der Waals surface area (Å²) in [7, 11) is 0. The molecule has 2 aromatic carbocycles. The Bertz CT molecular complexity index is 704. The topological polar surface area (TPSA) is 70.6 Å². The minimum Gasteiger partial charge on any atom is -0.494 e. The van der Waals surface area contributed by atoms with Gasteiger partial charge in [-0.25, -0.2) is 4.79 Å². The number of urea groups is 1. The first-order chi connectivity index (χ1) is 12.9. The number of amides is 2. The Morgan fingerprint density at radius 2 is 1.59 bits per heavy atom. The largest absolute Gasteiger partial charge is 0.494 e. The first kappa shape index (κ1) is 20.8. The predicted octanol–water partition coefficient (Wildman–Crippen LogP) is 3.74. The highest BCUT2D eigenvalue weighted by molar-refractivity contribution is 5.73. The Kier molecular flexibility index (Phi) is 7.67. The molecule has 0 radical (unpaired) electrons. The van der Waals surface area contributed by atoms with E-state index in [0.717, 1.165) is 23.3 Å². The monoisotopic (exact) mass is 370 g/mol. The van der Waals surface area contributed by atoms with Gasteiger partial charge in [0.25, 0.3) is 0 Å². The van der Waals surface area contributed by atoms with Gasteiger partial charge in [-0.2, -0.15) is 0 Å². The minimum atomic E-state index is -0.198. The van der Waals surface area contributed by atoms with Gasteiger partial charge in [0.2, 0.25) is 0 Å². The van der Waals surface area contributed by atoms with Crippen molar-refractivity contribution >= 4 is 6.03 Å². The van der Waals surface area contributed by atoms with Crippen LogP contribution in [0.4, 0.5) is 4.79 Å². The number of aliphatic hydroxyl groups excluding tert-OH is 1. The highest BCUT2D eigenvalue weighted by Crippen LogP contribution is 2.24. The minimum absolute atomic E-state index is 0.0248. The molecule has 5 nitrogen and oxygen atoms in total. The van der Waals surface area contributed by atoms with Crippen LogP contribution in [0.5, 0.6) is 5.75 Å². The molecule has 0 heterocycles. The summed E-state index contributed by atoms with van der Waals surface area (Å²) < 4.78 is 5.71. The van der Waals surface area contributed by atoms with Crippen LogP contribution in [0, 0.1) is 0 Å². The lowest BCUT2D eigenvalue weighted by molar-refractivity contribution is 0.238. The summed E-state index contributed by atoms with van der Waals surface area (Å²) in [4.78, 5) is 11.8. The van der Waals surface area contributed by atoms with Crippen LogP contribution in [0.3, 0.4) is 0 Å². The quantitative estimate of drug-likeness (QED) is 0.620. The van der Waals surface area contributed by atoms with Crippen molar-refractivity contribution in [2.75, 3.05) is 13.2 Å². The van der Waals surface area contributed by atoms with Crippen LogP contribution in [0.1, 0.15) is 43.9 Å². The lowest BCUT2D eigenvalue weighted by Crippen LogP contribution is -2.36. The van der Waals surface area contributed by atoms with E-state index >= 15 is 0 Å². The second kappa shape index (κ2) is 9.97. The molecule has 0 aliphatic rings. The smallest absolute Gasteiger partial charge is 0.315 e. The molecule has 3 N–H and O–H groups in total. The molecule has 0 unspecified atom stereocenters. The standard InChI is InChI=1S/C22H30N2O3/c1-22(2,3)19-9-11-20(12-10-19)27-14-4-13-23-21(26)24-15-17-5-7-18(16-25)8-6-17/h5-12,25H,4,13-16H2,1-3H3,(H2,23,24,26). The van der Waals surface area contributed by atoms with Crippen LogP contribution in [-0.4, -0.2) is 24.3 Å². The molecule has 5 heteroatoms. The predicted molar refractivity (Wildman–Crippen MR) is 108 cm³/mol. The average molecular weight is 370 g/mol. The van der Waals surface area contributed by atoms with Crippen molar-refractivity contribution in [1.29, 1.82) is 0 Å². The zero-order valence-corrected chi connectivity index (χ0v) is 16.4. The molecule has 2 rings (SSSR count). The SMILES string of the molecule is CC(C)(C)c1ccc(OCCCNC(=O)NCc2ccc(CO)cc2)cc1. The van der Waals surface area contributed by atoms with E-state index in [-0.39, 0.29) is 18.1 Å². The van der Waals surface area contributed by atoms with Crippen LogP contribution in [0.15, 0.2) is 48.5 Å². The second-order valence-corrected chi connectivity index (χ2v) is 7.56. The highest BCUT2D eigenvalue weighted by atomic mass is 16.5. The zero-order valence-electron chi connectivity index (χ0n) is 16.4. The number of hydrogen-bond acceptors (Lipinski definition) is 3. The molecular formula is C22H30N2O3. The third kappa shape index (κ3) is 7.31. The normalized spacial score (nSPS) is 11.1. The molecule has 146 valence electrons. The number of carbonyl (C=O) groups excluding carboxylic acids is 1. The van der Waals surface area contributed by atoms with Crippen LogP contribution in [0.25, 0.3) is 0 Å². The van der Waals surface area contributed by atoms with Gasteiger partial charge in [-0.3, -0.25) is 0 Å². The summed E-state index contributed by atoms with van der Waals surface area (Å²) >= 11 is 0. The van der Waals surface area contributed by atoms with Gasteiger partial charge in [0.15, 0.2) is 0 Å². The summed E-state index contributed by atoms with van der Waals surface area (Å²) in [6.07, 6.45) is 0.736. The molecule has 0 aliphatic carbocycles. The second-order valence-electron chi connectivity index (χ2n) is 7.56. The third-order valence-corrected chi connectivity index (χ3v) is 4.25. The molecule has 0 fully saturated rings. The summed E-state index contributed by atoms with van der Waals surface area (Å²) in [5.74, 6) is 0.846. The van der Waals surface area contributed by atoms with E-state index in [0.29, 0.717) is 19.7 Å². The number of aliphatic hydroxyl groups is 1. The highest BCUT2D eigenvalue weighted by Gasteiger charge is 2.12. The summed E-state index contributed by atoms with van der Waals surface area (Å²) in [5.41, 5.74) is 3.26. The first-order valence-electron chi connectivity index (χ1n) is 9.32. The molecular weight excluding hydrogens is 340 g/mol. The van der Waals surface area contributed by atoms with Crippen molar-refractivity contribution in [3.63, 3.8) is 0 Å². The van der Waals surface area contributed by atoms with Gasteiger partial charge >= 0.3 is 6.03 Å². The van der Waals surface area contributed by atoms with Crippen molar-refractivity contribution in [3.8, 4) is 5.75 Å². The molecule has 0 atom stereocenters. The van der Waals surface area contributed by atoms with Gasteiger partial charge < -0.3 is 20.5 Å². The molecule has 2 amide bonds. The van der Waals surface area contributed by atoms with Crippen molar-refractivity contribution in [1.82, 2.24) is 10.6 Å². The van der Waals surface area contributed by atoms with E-state index in [2.05, 4.69) is 43.5 Å². The van der Waals surface area contributed by atoms with Crippen LogP contribution in [0.2, 0.25) is 0 Å².